The lowest BCUT2D eigenvalue weighted by atomic mass is 9.98. The number of ether oxygens (including phenoxy) is 1. The summed E-state index contributed by atoms with van der Waals surface area (Å²) < 4.78 is 5.58. The van der Waals surface area contributed by atoms with Crippen molar-refractivity contribution in [2.45, 2.75) is 58.2 Å². The number of hydrogen-bond donors (Lipinski definition) is 2. The van der Waals surface area contributed by atoms with Gasteiger partial charge in [-0.2, -0.15) is 0 Å². The third-order valence-electron chi connectivity index (χ3n) is 5.49. The number of carbonyl (C=O) groups excluding carboxylic acids is 3. The number of aromatic amines is 1. The second-order valence-corrected chi connectivity index (χ2v) is 11.9. The average molecular weight is 479 g/mol. The second kappa shape index (κ2) is 9.35. The number of para-hydroxylation sites is 1. The number of nitrogens with zero attached hydrogens (tertiary/aromatic N) is 2. The molecule has 8 nitrogen and oxygen atoms in total. The first kappa shape index (κ1) is 24.4. The van der Waals surface area contributed by atoms with E-state index >= 15 is 0 Å². The van der Waals surface area contributed by atoms with E-state index in [1.165, 1.54) is 21.6 Å². The summed E-state index contributed by atoms with van der Waals surface area (Å²) in [6.07, 6.45) is 1.11. The van der Waals surface area contributed by atoms with Crippen LogP contribution in [0, 0.1) is 5.41 Å². The van der Waals surface area contributed by atoms with Gasteiger partial charge in [0.2, 0.25) is 5.12 Å². The molecule has 1 saturated heterocycles. The second-order valence-electron chi connectivity index (χ2n) is 9.28. The van der Waals surface area contributed by atoms with E-state index in [1.807, 2.05) is 40.7 Å². The van der Waals surface area contributed by atoms with E-state index in [9.17, 15) is 14.4 Å². The summed E-state index contributed by atoms with van der Waals surface area (Å²) in [7, 11) is 2.61. The molecule has 3 N–H and O–H groups in total. The summed E-state index contributed by atoms with van der Waals surface area (Å²) >= 11 is 0. The number of benzene rings is 1. The number of likely N-dealkylation sites (tertiary alicyclic amines) is 1. The standard InChI is InChI=1S/C22H30N4O4S2/c1-13(31-32-19(28)21(2,3)4)12-30-20(29)26-11-7-10-22(26,5)18-24-15-9-6-8-14(17(23)27)16(15)25-18/h6,8-9,13H,7,10-12H2,1-5H3,(H2,23,27)(H,24,25)/t13-,22+/m0/s1. The largest absolute Gasteiger partial charge is 0.448 e. The molecule has 1 aromatic heterocycles. The van der Waals surface area contributed by atoms with Crippen molar-refractivity contribution in [2.75, 3.05) is 13.2 Å². The Morgan fingerprint density at radius 1 is 1.34 bits per heavy atom. The van der Waals surface area contributed by atoms with Crippen LogP contribution in [-0.4, -0.2) is 50.4 Å². The molecule has 1 aliphatic rings. The van der Waals surface area contributed by atoms with Gasteiger partial charge in [0, 0.05) is 17.2 Å². The first-order valence-electron chi connectivity index (χ1n) is 10.5. The zero-order valence-corrected chi connectivity index (χ0v) is 20.7. The maximum absolute atomic E-state index is 12.9. The van der Waals surface area contributed by atoms with Crippen LogP contribution in [0.5, 0.6) is 0 Å². The van der Waals surface area contributed by atoms with Crippen molar-refractivity contribution in [1.29, 1.82) is 0 Å². The van der Waals surface area contributed by atoms with Crippen LogP contribution in [0.1, 0.15) is 63.6 Å². The third kappa shape index (κ3) is 5.06. The molecule has 1 fully saturated rings. The molecule has 2 aromatic rings. The van der Waals surface area contributed by atoms with Gasteiger partial charge in [-0.1, -0.05) is 37.6 Å². The minimum Gasteiger partial charge on any atom is -0.448 e. The molecule has 1 aromatic carbocycles. The lowest BCUT2D eigenvalue weighted by Gasteiger charge is -2.33. The number of aromatic nitrogens is 2. The maximum atomic E-state index is 12.9. The number of imidazole rings is 1. The number of nitrogens with two attached hydrogens (primary N) is 1. The molecule has 3 rings (SSSR count). The number of fused-ring (bicyclic) bond motifs is 1. The van der Waals surface area contributed by atoms with Crippen LogP contribution < -0.4 is 5.73 Å². The monoisotopic (exact) mass is 478 g/mol. The van der Waals surface area contributed by atoms with Crippen LogP contribution >= 0.6 is 21.6 Å². The SMILES string of the molecule is C[C@@H](COC(=O)N1CCC[C@]1(C)c1nc2c(C(N)=O)cccc2[nH]1)SSC(=O)C(C)(C)C. The number of hydrogen-bond acceptors (Lipinski definition) is 7. The highest BCUT2D eigenvalue weighted by Crippen LogP contribution is 2.39. The number of nitrogens with one attached hydrogen (secondary N) is 1. The summed E-state index contributed by atoms with van der Waals surface area (Å²) in [5, 5.41) is 0.0569. The van der Waals surface area contributed by atoms with E-state index in [-0.39, 0.29) is 17.0 Å². The molecule has 0 spiro atoms. The normalized spacial score (nSPS) is 19.8. The Bertz CT molecular complexity index is 1030. The Morgan fingerprint density at radius 3 is 2.72 bits per heavy atom. The van der Waals surface area contributed by atoms with Crippen molar-refractivity contribution in [3.63, 3.8) is 0 Å². The van der Waals surface area contributed by atoms with Gasteiger partial charge in [-0.15, -0.1) is 0 Å². The molecule has 0 radical (unpaired) electrons. The Kier molecular flexibility index (Phi) is 7.14. The molecular weight excluding hydrogens is 448 g/mol. The first-order chi connectivity index (χ1) is 14.9. The van der Waals surface area contributed by atoms with E-state index in [2.05, 4.69) is 9.97 Å². The van der Waals surface area contributed by atoms with Crippen molar-refractivity contribution in [3.05, 3.63) is 29.6 Å². The van der Waals surface area contributed by atoms with Crippen molar-refractivity contribution >= 4 is 49.7 Å². The fourth-order valence-electron chi connectivity index (χ4n) is 3.53. The highest BCUT2D eigenvalue weighted by atomic mass is 33.1. The summed E-state index contributed by atoms with van der Waals surface area (Å²) in [6, 6.07) is 5.21. The van der Waals surface area contributed by atoms with Crippen LogP contribution in [0.15, 0.2) is 18.2 Å². The summed E-state index contributed by atoms with van der Waals surface area (Å²) in [4.78, 5) is 46.3. The number of carbonyl (C=O) groups is 3. The molecule has 32 heavy (non-hydrogen) atoms. The van der Waals surface area contributed by atoms with Crippen LogP contribution in [0.25, 0.3) is 11.0 Å². The smallest absolute Gasteiger partial charge is 0.410 e. The van der Waals surface area contributed by atoms with Gasteiger partial charge in [0.05, 0.1) is 11.1 Å². The van der Waals surface area contributed by atoms with Crippen LogP contribution in [0.3, 0.4) is 0 Å². The van der Waals surface area contributed by atoms with Gasteiger partial charge in [-0.05, 0) is 49.6 Å². The average Bonchev–Trinajstić information content (AvgIpc) is 3.33. The highest BCUT2D eigenvalue weighted by molar-refractivity contribution is 8.82. The van der Waals surface area contributed by atoms with Gasteiger partial charge in [0.1, 0.15) is 23.5 Å². The predicted molar refractivity (Wildman–Crippen MR) is 128 cm³/mol. The Morgan fingerprint density at radius 2 is 2.06 bits per heavy atom. The van der Waals surface area contributed by atoms with Gasteiger partial charge in [-0.3, -0.25) is 14.5 Å². The molecule has 10 heteroatoms. The van der Waals surface area contributed by atoms with Gasteiger partial charge in [0.25, 0.3) is 5.91 Å². The van der Waals surface area contributed by atoms with Gasteiger partial charge in [-0.25, -0.2) is 9.78 Å². The number of amides is 2. The van der Waals surface area contributed by atoms with Crippen molar-refractivity contribution in [2.24, 2.45) is 11.1 Å². The third-order valence-corrected chi connectivity index (χ3v) is 8.54. The molecule has 1 aliphatic heterocycles. The van der Waals surface area contributed by atoms with E-state index < -0.39 is 23.0 Å². The number of rotatable bonds is 6. The lowest BCUT2D eigenvalue weighted by Crippen LogP contribution is -2.44. The van der Waals surface area contributed by atoms with E-state index in [0.717, 1.165) is 6.42 Å². The molecule has 0 unspecified atom stereocenters. The van der Waals surface area contributed by atoms with E-state index in [0.29, 0.717) is 35.4 Å². The van der Waals surface area contributed by atoms with E-state index in [1.54, 1.807) is 17.0 Å². The zero-order chi connectivity index (χ0) is 23.7. The Balaban J connectivity index is 1.69. The quantitative estimate of drug-likeness (QED) is 0.589. The highest BCUT2D eigenvalue weighted by Gasteiger charge is 2.44. The van der Waals surface area contributed by atoms with Gasteiger partial charge in [0.15, 0.2) is 0 Å². The summed E-state index contributed by atoms with van der Waals surface area (Å²) in [5.74, 6) is 0.0557. The molecule has 2 atom stereocenters. The maximum Gasteiger partial charge on any atom is 0.410 e. The van der Waals surface area contributed by atoms with Crippen molar-refractivity contribution in [1.82, 2.24) is 14.9 Å². The van der Waals surface area contributed by atoms with E-state index in [4.69, 9.17) is 10.5 Å². The topological polar surface area (TPSA) is 118 Å². The molecule has 174 valence electrons. The van der Waals surface area contributed by atoms with Crippen LogP contribution in [0.2, 0.25) is 0 Å². The molecular formula is C22H30N4O4S2. The molecule has 2 heterocycles. The minimum atomic E-state index is -0.682. The fraction of sp³-hybridized carbons (Fsp3) is 0.545. The summed E-state index contributed by atoms with van der Waals surface area (Å²) in [6.45, 7) is 10.3. The van der Waals surface area contributed by atoms with Crippen LogP contribution in [-0.2, 0) is 15.1 Å². The predicted octanol–water partition coefficient (Wildman–Crippen LogP) is 4.45. The number of primary amides is 1. The minimum absolute atomic E-state index is 0.0339. The lowest BCUT2D eigenvalue weighted by molar-refractivity contribution is -0.117. The zero-order valence-electron chi connectivity index (χ0n) is 19.1. The first-order valence-corrected chi connectivity index (χ1v) is 12.8. The van der Waals surface area contributed by atoms with Crippen molar-refractivity contribution in [3.8, 4) is 0 Å². The Labute approximate surface area is 195 Å². The van der Waals surface area contributed by atoms with Crippen LogP contribution in [0.4, 0.5) is 4.79 Å². The summed E-state index contributed by atoms with van der Waals surface area (Å²) in [5.41, 5.74) is 5.93. The fourth-order valence-corrected chi connectivity index (χ4v) is 5.83. The molecule has 0 bridgehead atoms. The van der Waals surface area contributed by atoms with Gasteiger partial charge < -0.3 is 15.5 Å². The molecule has 0 aliphatic carbocycles. The Hall–Kier alpha value is -2.20. The van der Waals surface area contributed by atoms with Crippen molar-refractivity contribution < 1.29 is 19.1 Å². The number of H-pyrrole nitrogens is 1. The molecule has 0 saturated carbocycles. The molecule has 2 amide bonds. The van der Waals surface area contributed by atoms with Gasteiger partial charge >= 0.3 is 6.09 Å².